The van der Waals surface area contributed by atoms with Gasteiger partial charge in [-0.05, 0) is 43.7 Å². The smallest absolute Gasteiger partial charge is 0.261 e. The molecule has 1 N–H and O–H groups in total. The van der Waals surface area contributed by atoms with Crippen molar-refractivity contribution in [2.75, 3.05) is 11.8 Å². The highest BCUT2D eigenvalue weighted by Gasteiger charge is 2.16. The highest BCUT2D eigenvalue weighted by Crippen LogP contribution is 2.24. The van der Waals surface area contributed by atoms with Crippen molar-refractivity contribution in [3.05, 3.63) is 58.9 Å². The Morgan fingerprint density at radius 1 is 1.14 bits per heavy atom. The zero-order valence-electron chi connectivity index (χ0n) is 12.7. The summed E-state index contributed by atoms with van der Waals surface area (Å²) in [5.74, 6) is -0.419. The number of hydrogen-bond donors (Lipinski definition) is 1. The number of aryl methyl sites for hydroxylation is 2. The Labute approximate surface area is 130 Å². The van der Waals surface area contributed by atoms with Gasteiger partial charge in [0.1, 0.15) is 5.82 Å². The van der Waals surface area contributed by atoms with Crippen LogP contribution in [0.4, 0.5) is 10.1 Å². The molecule has 0 saturated heterocycles. The SMILES string of the molecule is COCc1cc(NS(=O)(=O)c2ccc(C)cc2)c(C)cc1F. The number of sulfonamides is 1. The van der Waals surface area contributed by atoms with Crippen LogP contribution in [0.2, 0.25) is 0 Å². The molecular weight excluding hydrogens is 305 g/mol. The summed E-state index contributed by atoms with van der Waals surface area (Å²) in [4.78, 5) is 0.162. The molecule has 0 aliphatic rings. The van der Waals surface area contributed by atoms with E-state index < -0.39 is 15.8 Å². The highest BCUT2D eigenvalue weighted by atomic mass is 32.2. The lowest BCUT2D eigenvalue weighted by Crippen LogP contribution is -2.14. The van der Waals surface area contributed by atoms with Gasteiger partial charge in [0, 0.05) is 12.7 Å². The highest BCUT2D eigenvalue weighted by molar-refractivity contribution is 7.92. The molecule has 0 radical (unpaired) electrons. The Bertz CT molecular complexity index is 771. The minimum absolute atomic E-state index is 0.0748. The monoisotopic (exact) mass is 323 g/mol. The number of hydrogen-bond acceptors (Lipinski definition) is 3. The van der Waals surface area contributed by atoms with Crippen molar-refractivity contribution in [3.8, 4) is 0 Å². The molecule has 0 heterocycles. The van der Waals surface area contributed by atoms with E-state index in [-0.39, 0.29) is 11.5 Å². The van der Waals surface area contributed by atoms with Crippen LogP contribution in [0.3, 0.4) is 0 Å². The molecule has 118 valence electrons. The van der Waals surface area contributed by atoms with Gasteiger partial charge in [0.15, 0.2) is 0 Å². The molecule has 22 heavy (non-hydrogen) atoms. The topological polar surface area (TPSA) is 55.4 Å². The number of anilines is 1. The maximum atomic E-state index is 13.8. The first-order valence-corrected chi connectivity index (χ1v) is 8.19. The number of halogens is 1. The largest absolute Gasteiger partial charge is 0.380 e. The second-order valence-electron chi connectivity index (χ2n) is 5.11. The molecule has 4 nitrogen and oxygen atoms in total. The predicted molar refractivity (Wildman–Crippen MR) is 83.8 cm³/mol. The lowest BCUT2D eigenvalue weighted by atomic mass is 10.1. The van der Waals surface area contributed by atoms with Crippen molar-refractivity contribution in [3.63, 3.8) is 0 Å². The van der Waals surface area contributed by atoms with Crippen LogP contribution in [0.15, 0.2) is 41.3 Å². The van der Waals surface area contributed by atoms with Gasteiger partial charge in [-0.15, -0.1) is 0 Å². The number of nitrogens with one attached hydrogen (secondary N) is 1. The lowest BCUT2D eigenvalue weighted by Gasteiger charge is -2.13. The molecular formula is C16H18FNO3S. The fourth-order valence-corrected chi connectivity index (χ4v) is 3.14. The molecule has 0 aliphatic heterocycles. The molecule has 0 atom stereocenters. The quantitative estimate of drug-likeness (QED) is 0.917. The summed E-state index contributed by atoms with van der Waals surface area (Å²) in [7, 11) is -2.26. The van der Waals surface area contributed by atoms with E-state index in [1.54, 1.807) is 19.1 Å². The van der Waals surface area contributed by atoms with Crippen LogP contribution in [0.5, 0.6) is 0 Å². The first-order valence-electron chi connectivity index (χ1n) is 6.71. The van der Waals surface area contributed by atoms with E-state index in [0.717, 1.165) is 5.56 Å². The van der Waals surface area contributed by atoms with E-state index >= 15 is 0 Å². The van der Waals surface area contributed by atoms with Crippen LogP contribution in [0.25, 0.3) is 0 Å². The van der Waals surface area contributed by atoms with Crippen LogP contribution in [-0.4, -0.2) is 15.5 Å². The Morgan fingerprint density at radius 2 is 1.77 bits per heavy atom. The minimum atomic E-state index is -3.71. The summed E-state index contributed by atoms with van der Waals surface area (Å²) >= 11 is 0. The third kappa shape index (κ3) is 3.64. The third-order valence-electron chi connectivity index (χ3n) is 3.27. The van der Waals surface area contributed by atoms with E-state index in [4.69, 9.17) is 4.74 Å². The second kappa shape index (κ2) is 6.46. The Balaban J connectivity index is 2.37. The summed E-state index contributed by atoms with van der Waals surface area (Å²) in [6.45, 7) is 3.60. The van der Waals surface area contributed by atoms with Crippen LogP contribution in [-0.2, 0) is 21.4 Å². The van der Waals surface area contributed by atoms with Gasteiger partial charge in [-0.2, -0.15) is 0 Å². The number of benzene rings is 2. The van der Waals surface area contributed by atoms with E-state index in [1.807, 2.05) is 6.92 Å². The number of ether oxygens (including phenoxy) is 1. The molecule has 0 amide bonds. The van der Waals surface area contributed by atoms with E-state index in [0.29, 0.717) is 16.8 Å². The van der Waals surface area contributed by atoms with E-state index in [1.165, 1.54) is 31.4 Å². The zero-order chi connectivity index (χ0) is 16.3. The fraction of sp³-hybridized carbons (Fsp3) is 0.250. The van der Waals surface area contributed by atoms with Crippen LogP contribution in [0.1, 0.15) is 16.7 Å². The van der Waals surface area contributed by atoms with Gasteiger partial charge in [0.05, 0.1) is 17.2 Å². The van der Waals surface area contributed by atoms with Gasteiger partial charge in [-0.3, -0.25) is 4.72 Å². The molecule has 2 aromatic carbocycles. The van der Waals surface area contributed by atoms with Gasteiger partial charge in [-0.25, -0.2) is 12.8 Å². The van der Waals surface area contributed by atoms with Crippen molar-refractivity contribution in [1.29, 1.82) is 0 Å². The summed E-state index contributed by atoms with van der Waals surface area (Å²) in [6, 6.07) is 9.27. The van der Waals surface area contributed by atoms with Crippen LogP contribution < -0.4 is 4.72 Å². The summed E-state index contributed by atoms with van der Waals surface area (Å²) in [6.07, 6.45) is 0. The summed E-state index contributed by atoms with van der Waals surface area (Å²) in [5, 5.41) is 0. The van der Waals surface area contributed by atoms with Crippen LogP contribution >= 0.6 is 0 Å². The number of methoxy groups -OCH3 is 1. The van der Waals surface area contributed by atoms with Crippen LogP contribution in [0, 0.1) is 19.7 Å². The number of rotatable bonds is 5. The second-order valence-corrected chi connectivity index (χ2v) is 6.79. The third-order valence-corrected chi connectivity index (χ3v) is 4.65. The van der Waals surface area contributed by atoms with E-state index in [9.17, 15) is 12.8 Å². The van der Waals surface area contributed by atoms with Crippen molar-refractivity contribution >= 4 is 15.7 Å². The molecule has 0 fully saturated rings. The van der Waals surface area contributed by atoms with Crippen molar-refractivity contribution < 1.29 is 17.5 Å². The van der Waals surface area contributed by atoms with Gasteiger partial charge in [-0.1, -0.05) is 17.7 Å². The average molecular weight is 323 g/mol. The van der Waals surface area contributed by atoms with Gasteiger partial charge >= 0.3 is 0 Å². The molecule has 0 spiro atoms. The molecule has 2 aromatic rings. The minimum Gasteiger partial charge on any atom is -0.380 e. The maximum absolute atomic E-state index is 13.8. The Kier molecular flexibility index (Phi) is 4.83. The first-order chi connectivity index (χ1) is 10.3. The maximum Gasteiger partial charge on any atom is 0.261 e. The standard InChI is InChI=1S/C16H18FNO3S/c1-11-4-6-14(7-5-11)22(19,20)18-16-9-13(10-21-3)15(17)8-12(16)2/h4-9,18H,10H2,1-3H3. The molecule has 0 aliphatic carbocycles. The van der Waals surface area contributed by atoms with Gasteiger partial charge in [0.2, 0.25) is 0 Å². The molecule has 0 saturated carbocycles. The lowest BCUT2D eigenvalue weighted by molar-refractivity contribution is 0.181. The fourth-order valence-electron chi connectivity index (χ4n) is 2.01. The van der Waals surface area contributed by atoms with E-state index in [2.05, 4.69) is 4.72 Å². The Hall–Kier alpha value is -1.92. The van der Waals surface area contributed by atoms with Crippen molar-refractivity contribution in [2.45, 2.75) is 25.3 Å². The average Bonchev–Trinajstić information content (AvgIpc) is 2.44. The molecule has 2 rings (SSSR count). The molecule has 0 unspecified atom stereocenters. The first kappa shape index (κ1) is 16.5. The summed E-state index contributed by atoms with van der Waals surface area (Å²) < 4.78 is 45.9. The van der Waals surface area contributed by atoms with Crippen molar-refractivity contribution in [1.82, 2.24) is 0 Å². The Morgan fingerprint density at radius 3 is 2.36 bits per heavy atom. The van der Waals surface area contributed by atoms with Gasteiger partial charge in [0.25, 0.3) is 10.0 Å². The summed E-state index contributed by atoms with van der Waals surface area (Å²) in [5.41, 5.74) is 2.12. The zero-order valence-corrected chi connectivity index (χ0v) is 13.5. The van der Waals surface area contributed by atoms with Crippen molar-refractivity contribution in [2.24, 2.45) is 0 Å². The molecule has 6 heteroatoms. The molecule has 0 bridgehead atoms. The normalized spacial score (nSPS) is 11.5. The predicted octanol–water partition coefficient (Wildman–Crippen LogP) is 3.39. The molecule has 0 aromatic heterocycles. The van der Waals surface area contributed by atoms with Gasteiger partial charge < -0.3 is 4.74 Å².